The fourth-order valence-electron chi connectivity index (χ4n) is 2.38. The van der Waals surface area contributed by atoms with Gasteiger partial charge in [0, 0.05) is 30.6 Å². The highest BCUT2D eigenvalue weighted by Gasteiger charge is 2.18. The number of aliphatic hydroxyl groups is 1. The summed E-state index contributed by atoms with van der Waals surface area (Å²) >= 11 is 1.15. The van der Waals surface area contributed by atoms with Crippen molar-refractivity contribution in [2.75, 3.05) is 13.7 Å². The van der Waals surface area contributed by atoms with E-state index in [-0.39, 0.29) is 22.6 Å². The van der Waals surface area contributed by atoms with Crippen molar-refractivity contribution in [2.24, 2.45) is 0 Å². The lowest BCUT2D eigenvalue weighted by molar-refractivity contribution is -0.380. The molecule has 0 aliphatic carbocycles. The van der Waals surface area contributed by atoms with Crippen molar-refractivity contribution in [3.8, 4) is 0 Å². The van der Waals surface area contributed by atoms with Gasteiger partial charge in [0.1, 0.15) is 0 Å². The molecule has 0 unspecified atom stereocenters. The maximum atomic E-state index is 10.7. The van der Waals surface area contributed by atoms with Gasteiger partial charge in [-0.2, -0.15) is 0 Å². The third-order valence-electron chi connectivity index (χ3n) is 3.37. The van der Waals surface area contributed by atoms with Gasteiger partial charge in [0.25, 0.3) is 0 Å². The molecule has 0 aliphatic rings. The molecule has 112 valence electrons. The van der Waals surface area contributed by atoms with Gasteiger partial charge in [0.05, 0.1) is 4.92 Å². The molecule has 0 saturated heterocycles. The van der Waals surface area contributed by atoms with Crippen molar-refractivity contribution < 1.29 is 10.0 Å². The minimum Gasteiger partial charge on any atom is -0.396 e. The Labute approximate surface area is 127 Å². The SMILES string of the molecule is CN(Cc1csc([N+](=O)[O-])c1)[C@H](CCO)c1ccccc1. The fraction of sp³-hybridized carbons (Fsp3) is 0.333. The Kier molecular flexibility index (Phi) is 5.44. The number of thiophene rings is 1. The Bertz CT molecular complexity index is 586. The zero-order valence-electron chi connectivity index (χ0n) is 11.8. The van der Waals surface area contributed by atoms with Gasteiger partial charge in [-0.3, -0.25) is 15.0 Å². The molecular formula is C15H18N2O3S. The Morgan fingerprint density at radius 2 is 2.10 bits per heavy atom. The first-order chi connectivity index (χ1) is 10.1. The number of hydrogen-bond acceptors (Lipinski definition) is 5. The van der Waals surface area contributed by atoms with E-state index in [2.05, 4.69) is 4.90 Å². The second-order valence-corrected chi connectivity index (χ2v) is 5.79. The van der Waals surface area contributed by atoms with Crippen molar-refractivity contribution in [1.29, 1.82) is 0 Å². The Morgan fingerprint density at radius 3 is 2.67 bits per heavy atom. The molecule has 2 aromatic rings. The fourth-order valence-corrected chi connectivity index (χ4v) is 3.10. The molecule has 0 aliphatic heterocycles. The number of nitro groups is 1. The van der Waals surface area contributed by atoms with Crippen LogP contribution in [-0.2, 0) is 6.54 Å². The van der Waals surface area contributed by atoms with E-state index in [1.165, 1.54) is 0 Å². The van der Waals surface area contributed by atoms with Crippen molar-refractivity contribution in [3.63, 3.8) is 0 Å². The lowest BCUT2D eigenvalue weighted by Crippen LogP contribution is -2.25. The highest BCUT2D eigenvalue weighted by molar-refractivity contribution is 7.13. The number of hydrogen-bond donors (Lipinski definition) is 1. The average Bonchev–Trinajstić information content (AvgIpc) is 2.94. The summed E-state index contributed by atoms with van der Waals surface area (Å²) in [6.45, 7) is 0.720. The molecular weight excluding hydrogens is 288 g/mol. The summed E-state index contributed by atoms with van der Waals surface area (Å²) < 4.78 is 0. The van der Waals surface area contributed by atoms with E-state index in [9.17, 15) is 15.2 Å². The van der Waals surface area contributed by atoms with E-state index in [0.29, 0.717) is 13.0 Å². The third kappa shape index (κ3) is 4.10. The van der Waals surface area contributed by atoms with Crippen molar-refractivity contribution in [2.45, 2.75) is 19.0 Å². The molecule has 1 aromatic heterocycles. The van der Waals surface area contributed by atoms with Gasteiger partial charge in [0.15, 0.2) is 0 Å². The van der Waals surface area contributed by atoms with Crippen LogP contribution in [0.5, 0.6) is 0 Å². The van der Waals surface area contributed by atoms with E-state index in [1.807, 2.05) is 42.8 Å². The monoisotopic (exact) mass is 306 g/mol. The summed E-state index contributed by atoms with van der Waals surface area (Å²) in [7, 11) is 1.97. The van der Waals surface area contributed by atoms with E-state index >= 15 is 0 Å². The topological polar surface area (TPSA) is 66.6 Å². The highest BCUT2D eigenvalue weighted by atomic mass is 32.1. The molecule has 0 radical (unpaired) electrons. The first-order valence-electron chi connectivity index (χ1n) is 6.69. The van der Waals surface area contributed by atoms with Crippen LogP contribution in [-0.4, -0.2) is 28.6 Å². The van der Waals surface area contributed by atoms with Gasteiger partial charge in [0.2, 0.25) is 0 Å². The van der Waals surface area contributed by atoms with Crippen molar-refractivity contribution >= 4 is 16.3 Å². The molecule has 0 amide bonds. The molecule has 1 heterocycles. The summed E-state index contributed by atoms with van der Waals surface area (Å²) in [5, 5.41) is 22.0. The minimum absolute atomic E-state index is 0.0927. The van der Waals surface area contributed by atoms with Crippen LogP contribution in [0.15, 0.2) is 41.8 Å². The lowest BCUT2D eigenvalue weighted by atomic mass is 10.0. The minimum atomic E-state index is -0.365. The molecule has 5 nitrogen and oxygen atoms in total. The Morgan fingerprint density at radius 1 is 1.38 bits per heavy atom. The van der Waals surface area contributed by atoms with Crippen LogP contribution in [0.4, 0.5) is 5.00 Å². The molecule has 6 heteroatoms. The van der Waals surface area contributed by atoms with Gasteiger partial charge in [-0.25, -0.2) is 0 Å². The van der Waals surface area contributed by atoms with Crippen LogP contribution in [0.3, 0.4) is 0 Å². The molecule has 0 bridgehead atoms. The van der Waals surface area contributed by atoms with E-state index < -0.39 is 0 Å². The number of benzene rings is 1. The Balaban J connectivity index is 2.11. The smallest absolute Gasteiger partial charge is 0.324 e. The normalized spacial score (nSPS) is 12.5. The number of nitrogens with zero attached hydrogens (tertiary/aromatic N) is 2. The molecule has 0 spiro atoms. The standard InChI is InChI=1S/C15H18N2O3S/c1-16(10-12-9-15(17(19)20)21-11-12)14(7-8-18)13-5-3-2-4-6-13/h2-6,9,11,14,18H,7-8,10H2,1H3/t14-/m1/s1. The average molecular weight is 306 g/mol. The van der Waals surface area contributed by atoms with Gasteiger partial charge < -0.3 is 5.11 Å². The number of aliphatic hydroxyl groups excluding tert-OH is 1. The maximum Gasteiger partial charge on any atom is 0.324 e. The molecule has 21 heavy (non-hydrogen) atoms. The molecule has 1 aromatic carbocycles. The first kappa shape index (κ1) is 15.6. The van der Waals surface area contributed by atoms with Crippen LogP contribution in [0, 0.1) is 10.1 Å². The second-order valence-electron chi connectivity index (χ2n) is 4.90. The van der Waals surface area contributed by atoms with Gasteiger partial charge in [-0.15, -0.1) is 0 Å². The molecule has 2 rings (SSSR count). The van der Waals surface area contributed by atoms with Gasteiger partial charge >= 0.3 is 5.00 Å². The second kappa shape index (κ2) is 7.31. The van der Waals surface area contributed by atoms with Crippen LogP contribution in [0.2, 0.25) is 0 Å². The zero-order chi connectivity index (χ0) is 15.2. The van der Waals surface area contributed by atoms with Crippen LogP contribution < -0.4 is 0 Å². The molecule has 1 atom stereocenters. The highest BCUT2D eigenvalue weighted by Crippen LogP contribution is 2.28. The lowest BCUT2D eigenvalue weighted by Gasteiger charge is -2.27. The van der Waals surface area contributed by atoms with Gasteiger partial charge in [-0.05, 0) is 24.6 Å². The third-order valence-corrected chi connectivity index (χ3v) is 4.30. The number of rotatable bonds is 7. The quantitative estimate of drug-likeness (QED) is 0.630. The van der Waals surface area contributed by atoms with E-state index in [4.69, 9.17) is 0 Å². The predicted octanol–water partition coefficient (Wildman–Crippen LogP) is 3.21. The summed E-state index contributed by atoms with van der Waals surface area (Å²) in [4.78, 5) is 12.5. The Hall–Kier alpha value is -1.76. The molecule has 1 N–H and O–H groups in total. The molecule has 0 fully saturated rings. The van der Waals surface area contributed by atoms with E-state index in [1.54, 1.807) is 6.07 Å². The first-order valence-corrected chi connectivity index (χ1v) is 7.57. The van der Waals surface area contributed by atoms with Crippen molar-refractivity contribution in [3.05, 3.63) is 63.0 Å². The van der Waals surface area contributed by atoms with Crippen molar-refractivity contribution in [1.82, 2.24) is 4.90 Å². The molecule has 0 saturated carbocycles. The largest absolute Gasteiger partial charge is 0.396 e. The maximum absolute atomic E-state index is 10.7. The predicted molar refractivity (Wildman–Crippen MR) is 83.3 cm³/mol. The van der Waals surface area contributed by atoms with Crippen LogP contribution in [0.25, 0.3) is 0 Å². The van der Waals surface area contributed by atoms with E-state index in [0.717, 1.165) is 22.5 Å². The summed E-state index contributed by atoms with van der Waals surface area (Å²) in [5.74, 6) is 0. The van der Waals surface area contributed by atoms with Crippen LogP contribution in [0.1, 0.15) is 23.6 Å². The van der Waals surface area contributed by atoms with Gasteiger partial charge in [-0.1, -0.05) is 41.7 Å². The van der Waals surface area contributed by atoms with Crippen LogP contribution >= 0.6 is 11.3 Å². The summed E-state index contributed by atoms with van der Waals surface area (Å²) in [6, 6.07) is 11.7. The summed E-state index contributed by atoms with van der Waals surface area (Å²) in [6.07, 6.45) is 0.632. The summed E-state index contributed by atoms with van der Waals surface area (Å²) in [5.41, 5.74) is 2.06. The zero-order valence-corrected chi connectivity index (χ0v) is 12.6.